The van der Waals surface area contributed by atoms with Crippen LogP contribution in [-0.4, -0.2) is 12.6 Å². The van der Waals surface area contributed by atoms with E-state index >= 15 is 0 Å². The second kappa shape index (κ2) is 7.91. The molecule has 27 heavy (non-hydrogen) atoms. The standard InChI is InChI=1S/C25H26N2/c1-18-17-27-24(25(18)22-10-6-3-7-11-22)16-23(26)21-14-12-20(13-15-21)19-8-4-2-5-9-19/h2-15,23-24,27H,16-17,26H2,1H3. The van der Waals surface area contributed by atoms with Gasteiger partial charge in [-0.05, 0) is 41.2 Å². The van der Waals surface area contributed by atoms with E-state index in [1.165, 1.54) is 33.4 Å². The van der Waals surface area contributed by atoms with E-state index in [0.29, 0.717) is 6.04 Å². The molecule has 3 aromatic rings. The molecule has 2 unspecified atom stereocenters. The van der Waals surface area contributed by atoms with E-state index < -0.39 is 0 Å². The lowest BCUT2D eigenvalue weighted by atomic mass is 9.90. The van der Waals surface area contributed by atoms with Crippen LogP contribution in [0.1, 0.15) is 30.5 Å². The minimum atomic E-state index is 0.0111. The molecule has 2 atom stereocenters. The minimum Gasteiger partial charge on any atom is -0.324 e. The van der Waals surface area contributed by atoms with Crippen LogP contribution < -0.4 is 11.1 Å². The van der Waals surface area contributed by atoms with Gasteiger partial charge in [0.15, 0.2) is 0 Å². The molecule has 0 fully saturated rings. The second-order valence-corrected chi connectivity index (χ2v) is 7.32. The Morgan fingerprint density at radius 1 is 0.815 bits per heavy atom. The van der Waals surface area contributed by atoms with E-state index in [4.69, 9.17) is 5.73 Å². The predicted octanol–water partition coefficient (Wildman–Crippen LogP) is 5.19. The van der Waals surface area contributed by atoms with Gasteiger partial charge in [-0.25, -0.2) is 0 Å². The zero-order valence-electron chi connectivity index (χ0n) is 15.7. The van der Waals surface area contributed by atoms with Crippen molar-refractivity contribution in [3.8, 4) is 11.1 Å². The number of rotatable bonds is 5. The first-order chi connectivity index (χ1) is 13.2. The topological polar surface area (TPSA) is 38.0 Å². The van der Waals surface area contributed by atoms with Crippen molar-refractivity contribution in [1.82, 2.24) is 5.32 Å². The lowest BCUT2D eigenvalue weighted by Gasteiger charge is -2.21. The van der Waals surface area contributed by atoms with Gasteiger partial charge in [-0.2, -0.15) is 0 Å². The third-order valence-electron chi connectivity index (χ3n) is 5.44. The zero-order chi connectivity index (χ0) is 18.6. The molecule has 0 amide bonds. The van der Waals surface area contributed by atoms with Gasteiger partial charge < -0.3 is 11.1 Å². The monoisotopic (exact) mass is 354 g/mol. The van der Waals surface area contributed by atoms with Crippen molar-refractivity contribution in [2.24, 2.45) is 5.73 Å². The van der Waals surface area contributed by atoms with E-state index in [9.17, 15) is 0 Å². The fraction of sp³-hybridized carbons (Fsp3) is 0.200. The van der Waals surface area contributed by atoms with Crippen molar-refractivity contribution in [1.29, 1.82) is 0 Å². The maximum absolute atomic E-state index is 6.59. The Hall–Kier alpha value is -2.68. The van der Waals surface area contributed by atoms with Crippen LogP contribution >= 0.6 is 0 Å². The van der Waals surface area contributed by atoms with E-state index in [0.717, 1.165) is 13.0 Å². The highest BCUT2D eigenvalue weighted by Gasteiger charge is 2.26. The van der Waals surface area contributed by atoms with Crippen LogP contribution in [0.4, 0.5) is 0 Å². The lowest BCUT2D eigenvalue weighted by Crippen LogP contribution is -2.29. The average molecular weight is 354 g/mol. The summed E-state index contributed by atoms with van der Waals surface area (Å²) in [5.41, 5.74) is 14.4. The van der Waals surface area contributed by atoms with Crippen molar-refractivity contribution in [3.05, 3.63) is 102 Å². The molecule has 0 saturated heterocycles. The van der Waals surface area contributed by atoms with Crippen molar-refractivity contribution in [2.75, 3.05) is 6.54 Å². The van der Waals surface area contributed by atoms with Gasteiger partial charge in [0.1, 0.15) is 0 Å². The number of hydrogen-bond donors (Lipinski definition) is 2. The number of benzene rings is 3. The zero-order valence-corrected chi connectivity index (χ0v) is 15.7. The minimum absolute atomic E-state index is 0.0111. The Morgan fingerprint density at radius 2 is 1.37 bits per heavy atom. The molecule has 136 valence electrons. The fourth-order valence-electron chi connectivity index (χ4n) is 3.98. The number of nitrogens with two attached hydrogens (primary N) is 1. The molecule has 0 saturated carbocycles. The van der Waals surface area contributed by atoms with Gasteiger partial charge in [0.25, 0.3) is 0 Å². The maximum Gasteiger partial charge on any atom is 0.0347 e. The number of hydrogen-bond acceptors (Lipinski definition) is 2. The van der Waals surface area contributed by atoms with Crippen molar-refractivity contribution < 1.29 is 0 Å². The highest BCUT2D eigenvalue weighted by Crippen LogP contribution is 2.32. The Labute approximate surface area is 161 Å². The van der Waals surface area contributed by atoms with Gasteiger partial charge in [-0.3, -0.25) is 0 Å². The van der Waals surface area contributed by atoms with Crippen molar-refractivity contribution >= 4 is 5.57 Å². The number of nitrogens with one attached hydrogen (secondary N) is 1. The van der Waals surface area contributed by atoms with Crippen LogP contribution in [0, 0.1) is 0 Å². The van der Waals surface area contributed by atoms with Crippen molar-refractivity contribution in [2.45, 2.75) is 25.4 Å². The molecular formula is C25H26N2. The fourth-order valence-corrected chi connectivity index (χ4v) is 3.98. The van der Waals surface area contributed by atoms with Crippen molar-refractivity contribution in [3.63, 3.8) is 0 Å². The Bertz CT molecular complexity index is 912. The first kappa shape index (κ1) is 17.7. The summed E-state index contributed by atoms with van der Waals surface area (Å²) in [6.45, 7) is 3.16. The SMILES string of the molecule is CC1=C(c2ccccc2)C(CC(N)c2ccc(-c3ccccc3)cc2)NC1. The smallest absolute Gasteiger partial charge is 0.0347 e. The summed E-state index contributed by atoms with van der Waals surface area (Å²) in [6, 6.07) is 30.1. The highest BCUT2D eigenvalue weighted by molar-refractivity contribution is 5.74. The van der Waals surface area contributed by atoms with Gasteiger partial charge in [0.2, 0.25) is 0 Å². The molecule has 1 aliphatic rings. The van der Waals surface area contributed by atoms with Gasteiger partial charge in [-0.15, -0.1) is 0 Å². The van der Waals surface area contributed by atoms with E-state index in [1.807, 2.05) is 6.07 Å². The third kappa shape index (κ3) is 3.87. The summed E-state index contributed by atoms with van der Waals surface area (Å²) >= 11 is 0. The maximum atomic E-state index is 6.59. The second-order valence-electron chi connectivity index (χ2n) is 7.32. The van der Waals surface area contributed by atoms with E-state index in [-0.39, 0.29) is 6.04 Å². The molecule has 0 spiro atoms. The quantitative estimate of drug-likeness (QED) is 0.662. The van der Waals surface area contributed by atoms with Crippen LogP contribution in [0.3, 0.4) is 0 Å². The van der Waals surface area contributed by atoms with E-state index in [2.05, 4.69) is 91.1 Å². The summed E-state index contributed by atoms with van der Waals surface area (Å²) < 4.78 is 0. The molecule has 1 aliphatic heterocycles. The van der Waals surface area contributed by atoms with Crippen LogP contribution in [0.15, 0.2) is 90.5 Å². The average Bonchev–Trinajstić information content (AvgIpc) is 3.09. The molecule has 1 heterocycles. The molecule has 0 radical (unpaired) electrons. The first-order valence-corrected chi connectivity index (χ1v) is 9.62. The van der Waals surface area contributed by atoms with Crippen LogP contribution in [0.25, 0.3) is 16.7 Å². The van der Waals surface area contributed by atoms with Gasteiger partial charge in [0, 0.05) is 18.6 Å². The lowest BCUT2D eigenvalue weighted by molar-refractivity contribution is 0.550. The molecule has 2 nitrogen and oxygen atoms in total. The first-order valence-electron chi connectivity index (χ1n) is 9.62. The van der Waals surface area contributed by atoms with Crippen LogP contribution in [-0.2, 0) is 0 Å². The normalized spacial score (nSPS) is 17.9. The van der Waals surface area contributed by atoms with Crippen LogP contribution in [0.2, 0.25) is 0 Å². The molecule has 2 heteroatoms. The highest BCUT2D eigenvalue weighted by atomic mass is 14.9. The summed E-state index contributed by atoms with van der Waals surface area (Å²) in [7, 11) is 0. The third-order valence-corrected chi connectivity index (χ3v) is 5.44. The molecule has 3 N–H and O–H groups in total. The molecule has 0 aromatic heterocycles. The molecule has 3 aromatic carbocycles. The summed E-state index contributed by atoms with van der Waals surface area (Å²) in [5, 5.41) is 3.64. The Balaban J connectivity index is 1.50. The largest absolute Gasteiger partial charge is 0.324 e. The molecule has 0 bridgehead atoms. The Morgan fingerprint density at radius 3 is 2.00 bits per heavy atom. The summed E-state index contributed by atoms with van der Waals surface area (Å²) in [5.74, 6) is 0. The summed E-state index contributed by atoms with van der Waals surface area (Å²) in [4.78, 5) is 0. The molecular weight excluding hydrogens is 328 g/mol. The predicted molar refractivity (Wildman–Crippen MR) is 114 cm³/mol. The Kier molecular flexibility index (Phi) is 5.19. The van der Waals surface area contributed by atoms with Gasteiger partial charge >= 0.3 is 0 Å². The van der Waals surface area contributed by atoms with Gasteiger partial charge in [0.05, 0.1) is 0 Å². The summed E-state index contributed by atoms with van der Waals surface area (Å²) in [6.07, 6.45) is 0.895. The van der Waals surface area contributed by atoms with Gasteiger partial charge in [-0.1, -0.05) is 90.5 Å². The van der Waals surface area contributed by atoms with E-state index in [1.54, 1.807) is 0 Å². The molecule has 0 aliphatic carbocycles. The molecule has 4 rings (SSSR count). The van der Waals surface area contributed by atoms with Crippen LogP contribution in [0.5, 0.6) is 0 Å².